The minimum Gasteiger partial charge on any atom is -0.493 e. The average Bonchev–Trinajstić information content (AvgIpc) is 3.19. The minimum atomic E-state index is -0.563. The zero-order chi connectivity index (χ0) is 18.5. The van der Waals surface area contributed by atoms with E-state index in [9.17, 15) is 14.9 Å². The van der Waals surface area contributed by atoms with Gasteiger partial charge in [0.1, 0.15) is 12.2 Å². The number of nitro groups is 1. The van der Waals surface area contributed by atoms with Crippen molar-refractivity contribution >= 4 is 22.9 Å². The minimum absolute atomic E-state index is 0.0229. The Labute approximate surface area is 154 Å². The summed E-state index contributed by atoms with van der Waals surface area (Å²) in [4.78, 5) is 29.5. The maximum atomic E-state index is 12.8. The third kappa shape index (κ3) is 3.93. The van der Waals surface area contributed by atoms with Crippen molar-refractivity contribution < 1.29 is 19.2 Å². The third-order valence-electron chi connectivity index (χ3n) is 4.21. The highest BCUT2D eigenvalue weighted by Crippen LogP contribution is 2.36. The molecule has 0 N–H and O–H groups in total. The summed E-state index contributed by atoms with van der Waals surface area (Å²) in [5, 5.41) is 13.4. The number of ether oxygens (including phenoxy) is 2. The van der Waals surface area contributed by atoms with Gasteiger partial charge in [0.25, 0.3) is 11.6 Å². The van der Waals surface area contributed by atoms with Gasteiger partial charge in [-0.3, -0.25) is 14.9 Å². The number of methoxy groups -OCH3 is 1. The molecule has 8 nitrogen and oxygen atoms in total. The predicted molar refractivity (Wildman–Crippen MR) is 95.8 cm³/mol. The third-order valence-corrected chi connectivity index (χ3v) is 4.85. The van der Waals surface area contributed by atoms with Crippen LogP contribution in [0.15, 0.2) is 23.0 Å². The smallest absolute Gasteiger partial charge is 0.286 e. The van der Waals surface area contributed by atoms with E-state index in [1.54, 1.807) is 10.4 Å². The van der Waals surface area contributed by atoms with E-state index >= 15 is 0 Å². The van der Waals surface area contributed by atoms with Crippen molar-refractivity contribution in [3.8, 4) is 11.5 Å². The van der Waals surface area contributed by atoms with E-state index in [2.05, 4.69) is 4.98 Å². The number of hydrogen-bond acceptors (Lipinski definition) is 7. The van der Waals surface area contributed by atoms with Crippen molar-refractivity contribution in [3.63, 3.8) is 0 Å². The van der Waals surface area contributed by atoms with E-state index in [0.29, 0.717) is 18.8 Å². The summed E-state index contributed by atoms with van der Waals surface area (Å²) >= 11 is 1.43. The number of nitrogens with zero attached hydrogens (tertiary/aromatic N) is 3. The Hall–Kier alpha value is -2.68. The first-order valence-corrected chi connectivity index (χ1v) is 9.20. The molecule has 1 fully saturated rings. The number of carbonyl (C=O) groups is 1. The molecule has 26 heavy (non-hydrogen) atoms. The molecule has 0 saturated carbocycles. The van der Waals surface area contributed by atoms with Crippen LogP contribution in [0, 0.1) is 10.1 Å². The number of carbonyl (C=O) groups excluding carboxylic acids is 1. The lowest BCUT2D eigenvalue weighted by atomic mass is 10.1. The van der Waals surface area contributed by atoms with Gasteiger partial charge in [-0.1, -0.05) is 0 Å². The fourth-order valence-electron chi connectivity index (χ4n) is 2.87. The fraction of sp³-hybridized carbons (Fsp3) is 0.412. The first kappa shape index (κ1) is 18.1. The van der Waals surface area contributed by atoms with Crippen molar-refractivity contribution in [2.45, 2.75) is 25.9 Å². The van der Waals surface area contributed by atoms with Gasteiger partial charge in [-0.2, -0.15) is 0 Å². The molecule has 138 valence electrons. The van der Waals surface area contributed by atoms with Gasteiger partial charge in [0, 0.05) is 24.5 Å². The average molecular weight is 377 g/mol. The first-order valence-electron chi connectivity index (χ1n) is 8.25. The lowest BCUT2D eigenvalue weighted by Crippen LogP contribution is -2.35. The second kappa shape index (κ2) is 8.13. The van der Waals surface area contributed by atoms with Gasteiger partial charge in [0.15, 0.2) is 11.5 Å². The van der Waals surface area contributed by atoms with E-state index in [-0.39, 0.29) is 35.3 Å². The predicted octanol–water partition coefficient (Wildman–Crippen LogP) is 3.27. The van der Waals surface area contributed by atoms with Crippen molar-refractivity contribution in [1.82, 2.24) is 9.88 Å². The Morgan fingerprint density at radius 1 is 1.31 bits per heavy atom. The Bertz CT molecular complexity index is 788. The molecular formula is C17H19N3O5S. The van der Waals surface area contributed by atoms with Crippen LogP contribution in [0.2, 0.25) is 0 Å². The molecule has 0 atom stereocenters. The molecule has 1 aromatic carbocycles. The van der Waals surface area contributed by atoms with Gasteiger partial charge in [-0.05, 0) is 19.3 Å². The maximum Gasteiger partial charge on any atom is 0.286 e. The normalized spacial score (nSPS) is 14.1. The molecule has 0 unspecified atom stereocenters. The fourth-order valence-corrected chi connectivity index (χ4v) is 3.41. The van der Waals surface area contributed by atoms with Crippen LogP contribution < -0.4 is 9.47 Å². The highest BCUT2D eigenvalue weighted by Gasteiger charge is 2.28. The maximum absolute atomic E-state index is 12.8. The van der Waals surface area contributed by atoms with Crippen LogP contribution in [0.25, 0.3) is 0 Å². The molecule has 2 aromatic rings. The van der Waals surface area contributed by atoms with Crippen molar-refractivity contribution in [3.05, 3.63) is 44.4 Å². The van der Waals surface area contributed by atoms with Crippen LogP contribution in [0.3, 0.4) is 0 Å². The Morgan fingerprint density at radius 2 is 2.08 bits per heavy atom. The molecule has 1 saturated heterocycles. The number of nitro benzene ring substituents is 1. The molecule has 0 radical (unpaired) electrons. The van der Waals surface area contributed by atoms with Gasteiger partial charge in [0.05, 0.1) is 29.3 Å². The summed E-state index contributed by atoms with van der Waals surface area (Å²) in [6.45, 7) is 1.39. The molecule has 0 aliphatic carbocycles. The monoisotopic (exact) mass is 377 g/mol. The standard InChI is InChI=1S/C17H19N3O5S/c1-24-15-7-13(17(21)19-5-3-2-4-6-19)14(20(22)23)8-16(15)25-9-12-10-26-11-18-12/h7-8,10-11H,2-6,9H2,1H3. The molecule has 3 rings (SSSR count). The molecule has 2 heterocycles. The second-order valence-corrected chi connectivity index (χ2v) is 6.62. The molecule has 1 aliphatic rings. The van der Waals surface area contributed by atoms with Crippen LogP contribution >= 0.6 is 11.3 Å². The van der Waals surface area contributed by atoms with Crippen molar-refractivity contribution in [1.29, 1.82) is 0 Å². The van der Waals surface area contributed by atoms with E-state index in [4.69, 9.17) is 9.47 Å². The topological polar surface area (TPSA) is 94.8 Å². The molecule has 0 bridgehead atoms. The van der Waals surface area contributed by atoms with Crippen LogP contribution in [-0.2, 0) is 6.61 Å². The molecular weight excluding hydrogens is 358 g/mol. The van der Waals surface area contributed by atoms with Crippen LogP contribution in [0.4, 0.5) is 5.69 Å². The number of likely N-dealkylation sites (tertiary alicyclic amines) is 1. The first-order chi connectivity index (χ1) is 12.6. The largest absolute Gasteiger partial charge is 0.493 e. The molecule has 1 aliphatic heterocycles. The summed E-state index contributed by atoms with van der Waals surface area (Å²) in [7, 11) is 1.44. The van der Waals surface area contributed by atoms with Crippen molar-refractivity contribution in [2.24, 2.45) is 0 Å². The quantitative estimate of drug-likeness (QED) is 0.566. The summed E-state index contributed by atoms with van der Waals surface area (Å²) in [6, 6.07) is 2.65. The summed E-state index contributed by atoms with van der Waals surface area (Å²) in [6.07, 6.45) is 2.88. The van der Waals surface area contributed by atoms with Gasteiger partial charge in [-0.25, -0.2) is 4.98 Å². The molecule has 1 amide bonds. The SMILES string of the molecule is COc1cc(C(=O)N2CCCCC2)c([N+](=O)[O-])cc1OCc1cscn1. The highest BCUT2D eigenvalue weighted by atomic mass is 32.1. The highest BCUT2D eigenvalue weighted by molar-refractivity contribution is 7.07. The summed E-state index contributed by atoms with van der Waals surface area (Å²) < 4.78 is 10.9. The lowest BCUT2D eigenvalue weighted by molar-refractivity contribution is -0.385. The lowest BCUT2D eigenvalue weighted by Gasteiger charge is -2.26. The molecule has 9 heteroatoms. The summed E-state index contributed by atoms with van der Waals surface area (Å²) in [5.41, 5.74) is 2.14. The zero-order valence-electron chi connectivity index (χ0n) is 14.3. The van der Waals surface area contributed by atoms with Gasteiger partial charge >= 0.3 is 0 Å². The van der Waals surface area contributed by atoms with E-state index < -0.39 is 4.92 Å². The number of aromatic nitrogens is 1. The van der Waals surface area contributed by atoms with Gasteiger partial charge in [-0.15, -0.1) is 11.3 Å². The molecule has 1 aromatic heterocycles. The number of piperidine rings is 1. The van der Waals surface area contributed by atoms with E-state index in [1.807, 2.05) is 5.38 Å². The Morgan fingerprint density at radius 3 is 2.69 bits per heavy atom. The number of thiazole rings is 1. The zero-order valence-corrected chi connectivity index (χ0v) is 15.2. The number of amides is 1. The van der Waals surface area contributed by atoms with Crippen LogP contribution in [0.5, 0.6) is 11.5 Å². The van der Waals surface area contributed by atoms with E-state index in [1.165, 1.54) is 30.6 Å². The van der Waals surface area contributed by atoms with Crippen LogP contribution in [-0.4, -0.2) is 40.9 Å². The number of hydrogen-bond donors (Lipinski definition) is 0. The molecule has 0 spiro atoms. The Balaban J connectivity index is 1.91. The van der Waals surface area contributed by atoms with E-state index in [0.717, 1.165) is 19.3 Å². The van der Waals surface area contributed by atoms with Gasteiger partial charge < -0.3 is 14.4 Å². The number of rotatable bonds is 6. The van der Waals surface area contributed by atoms with Crippen LogP contribution in [0.1, 0.15) is 35.3 Å². The van der Waals surface area contributed by atoms with Crippen molar-refractivity contribution in [2.75, 3.05) is 20.2 Å². The Kier molecular flexibility index (Phi) is 5.67. The second-order valence-electron chi connectivity index (χ2n) is 5.90. The number of benzene rings is 1. The van der Waals surface area contributed by atoms with Gasteiger partial charge in [0.2, 0.25) is 0 Å². The summed E-state index contributed by atoms with van der Waals surface area (Å²) in [5.74, 6) is 0.148.